The molecule has 1 atom stereocenters. The number of fused-ring (bicyclic) bond motifs is 2. The maximum Gasteiger partial charge on any atom is 0.159 e. The first kappa shape index (κ1) is 23.8. The number of nitrogens with zero attached hydrogens (tertiary/aromatic N) is 3. The summed E-state index contributed by atoms with van der Waals surface area (Å²) < 4.78 is 20.1. The number of nitrogens with one attached hydrogen (secondary N) is 3. The standard InChI is InChI=1S/C32H25FN6O/c1-19-28(40-18-20-6-3-2-4-7-20)16-23(17-35-19)21-10-11-26-25(15-21)30(39-38-26)32-36-27-12-13-34-29(31(27)37-32)22-8-5-9-24(33)14-22/h2-17,19,35H,18H2,1H3,(H,36,37)(H,38,39). The Morgan fingerprint density at radius 3 is 2.67 bits per heavy atom. The number of aromatic nitrogens is 5. The third kappa shape index (κ3) is 4.39. The van der Waals surface area contributed by atoms with Crippen LogP contribution < -0.4 is 5.32 Å². The molecule has 6 aromatic rings. The first-order valence-corrected chi connectivity index (χ1v) is 13.1. The second-order valence-electron chi connectivity index (χ2n) is 9.79. The molecule has 4 heterocycles. The number of halogens is 1. The fraction of sp³-hybridized carbons (Fsp3) is 0.0938. The zero-order chi connectivity index (χ0) is 27.1. The molecule has 0 aliphatic carbocycles. The van der Waals surface area contributed by atoms with Crippen molar-refractivity contribution in [1.82, 2.24) is 30.5 Å². The fourth-order valence-corrected chi connectivity index (χ4v) is 4.96. The van der Waals surface area contributed by atoms with E-state index in [4.69, 9.17) is 9.72 Å². The molecular weight excluding hydrogens is 503 g/mol. The summed E-state index contributed by atoms with van der Waals surface area (Å²) in [6.07, 6.45) is 5.79. The summed E-state index contributed by atoms with van der Waals surface area (Å²) in [4.78, 5) is 12.7. The lowest BCUT2D eigenvalue weighted by Gasteiger charge is -2.23. The molecule has 1 aliphatic rings. The molecule has 3 N–H and O–H groups in total. The molecule has 0 fully saturated rings. The number of aromatic amines is 2. The van der Waals surface area contributed by atoms with E-state index in [0.29, 0.717) is 34.9 Å². The van der Waals surface area contributed by atoms with Crippen LogP contribution in [0.4, 0.5) is 4.39 Å². The maximum atomic E-state index is 13.9. The van der Waals surface area contributed by atoms with E-state index in [1.807, 2.05) is 42.6 Å². The van der Waals surface area contributed by atoms with Gasteiger partial charge in [0.15, 0.2) is 5.82 Å². The number of dihydropyridines is 1. The Kier molecular flexibility index (Phi) is 5.85. The average molecular weight is 529 g/mol. The quantitative estimate of drug-likeness (QED) is 0.223. The molecule has 0 radical (unpaired) electrons. The van der Waals surface area contributed by atoms with Crippen LogP contribution in [-0.4, -0.2) is 31.2 Å². The highest BCUT2D eigenvalue weighted by molar-refractivity contribution is 5.97. The largest absolute Gasteiger partial charge is 0.491 e. The summed E-state index contributed by atoms with van der Waals surface area (Å²) in [6.45, 7) is 2.59. The number of benzene rings is 3. The van der Waals surface area contributed by atoms with Crippen molar-refractivity contribution in [2.45, 2.75) is 19.6 Å². The van der Waals surface area contributed by atoms with Crippen LogP contribution in [-0.2, 0) is 11.3 Å². The molecular formula is C32H25FN6O. The van der Waals surface area contributed by atoms with E-state index >= 15 is 0 Å². The Morgan fingerprint density at radius 1 is 0.900 bits per heavy atom. The minimum absolute atomic E-state index is 0.0668. The molecule has 7 rings (SSSR count). The Hall–Kier alpha value is -5.24. The van der Waals surface area contributed by atoms with E-state index in [1.54, 1.807) is 12.3 Å². The van der Waals surface area contributed by atoms with Crippen molar-refractivity contribution < 1.29 is 9.13 Å². The molecule has 1 aliphatic heterocycles. The molecule has 7 nitrogen and oxygen atoms in total. The summed E-state index contributed by atoms with van der Waals surface area (Å²) >= 11 is 0. The molecule has 0 bridgehead atoms. The second-order valence-corrected chi connectivity index (χ2v) is 9.79. The topological polar surface area (TPSA) is 91.5 Å². The zero-order valence-corrected chi connectivity index (χ0v) is 21.6. The van der Waals surface area contributed by atoms with Crippen LogP contribution >= 0.6 is 0 Å². The van der Waals surface area contributed by atoms with E-state index in [9.17, 15) is 4.39 Å². The van der Waals surface area contributed by atoms with Gasteiger partial charge in [-0.05, 0) is 54.5 Å². The van der Waals surface area contributed by atoms with Crippen LogP contribution in [0.5, 0.6) is 0 Å². The Bertz CT molecular complexity index is 1920. The van der Waals surface area contributed by atoms with Crippen LogP contribution in [0.3, 0.4) is 0 Å². The predicted octanol–water partition coefficient (Wildman–Crippen LogP) is 6.74. The Morgan fingerprint density at radius 2 is 1.80 bits per heavy atom. The molecule has 40 heavy (non-hydrogen) atoms. The van der Waals surface area contributed by atoms with Gasteiger partial charge in [0.1, 0.15) is 29.4 Å². The first-order valence-electron chi connectivity index (χ1n) is 13.1. The molecule has 0 spiro atoms. The first-order chi connectivity index (χ1) is 19.6. The van der Waals surface area contributed by atoms with E-state index in [0.717, 1.165) is 38.9 Å². The van der Waals surface area contributed by atoms with E-state index in [-0.39, 0.29) is 11.9 Å². The van der Waals surface area contributed by atoms with Gasteiger partial charge in [0, 0.05) is 28.9 Å². The van der Waals surface area contributed by atoms with Crippen LogP contribution in [0.2, 0.25) is 0 Å². The van der Waals surface area contributed by atoms with Crippen molar-refractivity contribution in [2.75, 3.05) is 0 Å². The van der Waals surface area contributed by atoms with Crippen LogP contribution in [0.25, 0.3) is 50.3 Å². The number of ether oxygens (including phenoxy) is 1. The van der Waals surface area contributed by atoms with Gasteiger partial charge >= 0.3 is 0 Å². The van der Waals surface area contributed by atoms with Crippen molar-refractivity contribution in [3.63, 3.8) is 0 Å². The normalized spacial score (nSPS) is 15.1. The van der Waals surface area contributed by atoms with Gasteiger partial charge in [0.25, 0.3) is 0 Å². The van der Waals surface area contributed by atoms with Gasteiger partial charge in [-0.25, -0.2) is 9.37 Å². The summed E-state index contributed by atoms with van der Waals surface area (Å²) in [5.74, 6) is 1.17. The minimum Gasteiger partial charge on any atom is -0.491 e. The van der Waals surface area contributed by atoms with E-state index in [1.165, 1.54) is 12.1 Å². The highest BCUT2D eigenvalue weighted by atomic mass is 19.1. The second kappa shape index (κ2) is 9.81. The molecule has 0 saturated carbocycles. The Labute approximate surface area is 229 Å². The highest BCUT2D eigenvalue weighted by Gasteiger charge is 2.19. The average Bonchev–Trinajstić information content (AvgIpc) is 3.61. The summed E-state index contributed by atoms with van der Waals surface area (Å²) in [6, 6.07) is 24.6. The lowest BCUT2D eigenvalue weighted by Crippen LogP contribution is -2.27. The van der Waals surface area contributed by atoms with Crippen molar-refractivity contribution in [1.29, 1.82) is 0 Å². The predicted molar refractivity (Wildman–Crippen MR) is 154 cm³/mol. The molecule has 3 aromatic carbocycles. The van der Waals surface area contributed by atoms with Gasteiger partial charge < -0.3 is 15.0 Å². The number of imidazole rings is 1. The van der Waals surface area contributed by atoms with Gasteiger partial charge in [0.05, 0.1) is 22.8 Å². The van der Waals surface area contributed by atoms with Crippen LogP contribution in [0.15, 0.2) is 103 Å². The lowest BCUT2D eigenvalue weighted by molar-refractivity contribution is 0.178. The van der Waals surface area contributed by atoms with Crippen LogP contribution in [0, 0.1) is 5.82 Å². The molecule has 196 valence electrons. The molecule has 3 aromatic heterocycles. The third-order valence-corrected chi connectivity index (χ3v) is 7.08. The van der Waals surface area contributed by atoms with Crippen molar-refractivity contribution in [3.8, 4) is 22.8 Å². The van der Waals surface area contributed by atoms with E-state index < -0.39 is 0 Å². The van der Waals surface area contributed by atoms with Crippen molar-refractivity contribution >= 4 is 27.5 Å². The molecule has 0 saturated heterocycles. The maximum absolute atomic E-state index is 13.9. The third-order valence-electron chi connectivity index (χ3n) is 7.08. The summed E-state index contributed by atoms with van der Waals surface area (Å²) in [5.41, 5.74) is 7.48. The van der Waals surface area contributed by atoms with Crippen LogP contribution in [0.1, 0.15) is 18.1 Å². The number of hydrogen-bond donors (Lipinski definition) is 3. The highest BCUT2D eigenvalue weighted by Crippen LogP contribution is 2.32. The summed E-state index contributed by atoms with van der Waals surface area (Å²) in [5, 5.41) is 12.0. The zero-order valence-electron chi connectivity index (χ0n) is 21.6. The smallest absolute Gasteiger partial charge is 0.159 e. The summed E-state index contributed by atoms with van der Waals surface area (Å²) in [7, 11) is 0. The number of rotatable bonds is 6. The van der Waals surface area contributed by atoms with Gasteiger partial charge in [-0.3, -0.25) is 10.1 Å². The Balaban J connectivity index is 1.23. The SMILES string of the molecule is CC1NC=C(c2ccc3[nH]nc(-c4nc5c(-c6cccc(F)c6)nccc5[nH]4)c3c2)C=C1OCc1ccccc1. The number of allylic oxidation sites excluding steroid dienone is 2. The molecule has 0 amide bonds. The van der Waals surface area contributed by atoms with E-state index in [2.05, 4.69) is 62.7 Å². The van der Waals surface area contributed by atoms with Gasteiger partial charge in [0.2, 0.25) is 0 Å². The molecule has 1 unspecified atom stereocenters. The van der Waals surface area contributed by atoms with Gasteiger partial charge in [-0.15, -0.1) is 0 Å². The number of pyridine rings is 1. The van der Waals surface area contributed by atoms with Crippen molar-refractivity contribution in [3.05, 3.63) is 120 Å². The van der Waals surface area contributed by atoms with Gasteiger partial charge in [-0.2, -0.15) is 5.10 Å². The molecule has 8 heteroatoms. The lowest BCUT2D eigenvalue weighted by atomic mass is 10.00. The number of H-pyrrole nitrogens is 2. The number of hydrogen-bond acceptors (Lipinski definition) is 5. The monoisotopic (exact) mass is 528 g/mol. The minimum atomic E-state index is -0.318. The van der Waals surface area contributed by atoms with Gasteiger partial charge in [-0.1, -0.05) is 48.5 Å². The fourth-order valence-electron chi connectivity index (χ4n) is 4.96. The van der Waals surface area contributed by atoms with Crippen molar-refractivity contribution in [2.24, 2.45) is 0 Å².